The summed E-state index contributed by atoms with van der Waals surface area (Å²) in [6.07, 6.45) is 2.75. The monoisotopic (exact) mass is 717 g/mol. The van der Waals surface area contributed by atoms with Crippen LogP contribution in [-0.2, 0) is 37.1 Å². The minimum absolute atomic E-state index is 0. The molecule has 12 nitrogen and oxygen atoms in total. The van der Waals surface area contributed by atoms with Crippen LogP contribution in [0.4, 0.5) is 11.4 Å². The summed E-state index contributed by atoms with van der Waals surface area (Å²) in [7, 11) is -7.44. The normalized spacial score (nSPS) is 11.1. The van der Waals surface area contributed by atoms with E-state index in [4.69, 9.17) is 33.5 Å². The molecule has 0 aromatic heterocycles. The minimum Gasteiger partial charge on any atom is -0.872 e. The number of nitrogens with zero attached hydrogens (tertiary/aromatic N) is 2. The molecule has 4 aromatic rings. The Kier molecular flexibility index (Phi) is 15.8. The van der Waals surface area contributed by atoms with Gasteiger partial charge >= 0.3 is 17.1 Å². The molecule has 0 aliphatic carbocycles. The topological polar surface area (TPSA) is 254 Å². The summed E-state index contributed by atoms with van der Waals surface area (Å²) in [4.78, 5) is 8.17. The summed E-state index contributed by atoms with van der Waals surface area (Å²) in [5.41, 5.74) is 1.70. The Morgan fingerprint density at radius 2 is 0.884 bits per heavy atom. The van der Waals surface area contributed by atoms with Gasteiger partial charge in [0, 0.05) is 22.5 Å². The first-order chi connectivity index (χ1) is 18.7. The van der Waals surface area contributed by atoms with Gasteiger partial charge in [0.15, 0.2) is 0 Å². The van der Waals surface area contributed by atoms with Gasteiger partial charge in [0.25, 0.3) is 0 Å². The number of benzene rings is 4. The van der Waals surface area contributed by atoms with Crippen molar-refractivity contribution < 1.29 is 55.1 Å². The van der Waals surface area contributed by atoms with E-state index in [0.29, 0.717) is 32.5 Å². The van der Waals surface area contributed by atoms with Gasteiger partial charge in [0.05, 0.1) is 21.2 Å². The quantitative estimate of drug-likeness (QED) is 0.222. The van der Waals surface area contributed by atoms with Gasteiger partial charge in [-0.25, -0.2) is 27.1 Å². The molecule has 0 atom stereocenters. The van der Waals surface area contributed by atoms with E-state index in [2.05, 4.69) is 9.98 Å². The summed E-state index contributed by atoms with van der Waals surface area (Å²) in [5, 5.41) is 33.9. The molecule has 0 heterocycles. The van der Waals surface area contributed by atoms with Gasteiger partial charge in [-0.15, -0.1) is 0 Å². The Morgan fingerprint density at radius 3 is 1.16 bits per heavy atom. The zero-order valence-corrected chi connectivity index (χ0v) is 25.7. The fraction of sp³-hybridized carbons (Fsp3) is 0. The first kappa shape index (κ1) is 39.7. The van der Waals surface area contributed by atoms with Crippen molar-refractivity contribution in [2.24, 2.45) is 20.3 Å². The largest absolute Gasteiger partial charge is 2.00 e. The van der Waals surface area contributed by atoms with Crippen molar-refractivity contribution >= 4 is 67.1 Å². The van der Waals surface area contributed by atoms with Crippen LogP contribution in [0.25, 0.3) is 0 Å². The molecule has 17 heteroatoms. The van der Waals surface area contributed by atoms with Crippen LogP contribution < -0.4 is 20.5 Å². The van der Waals surface area contributed by atoms with E-state index in [-0.39, 0.29) is 49.3 Å². The Balaban J connectivity index is 0.000000767. The summed E-state index contributed by atoms with van der Waals surface area (Å²) >= 11 is 11.6. The predicted molar refractivity (Wildman–Crippen MR) is 159 cm³/mol. The molecule has 0 unspecified atom stereocenters. The van der Waals surface area contributed by atoms with Crippen molar-refractivity contribution in [2.75, 3.05) is 0 Å². The molecule has 8 N–H and O–H groups in total. The van der Waals surface area contributed by atoms with E-state index in [1.54, 1.807) is 0 Å². The molecule has 1 radical (unpaired) electrons. The summed E-state index contributed by atoms with van der Waals surface area (Å²) in [6, 6.07) is 20.1. The van der Waals surface area contributed by atoms with E-state index in [0.717, 1.165) is 0 Å². The molecule has 4 aromatic carbocycles. The Bertz CT molecular complexity index is 1660. The smallest absolute Gasteiger partial charge is 0.872 e. The SMILES string of the molecule is NS(=O)(=O)c1ccc(N=Cc2cc(Cl)ccc2[O-])cc1.NS(=O)(=O)c1ccc(N=Cc2cc(Cl)ccc2[O-])cc1.O.O.[Cu+2]. The molecule has 0 aliphatic rings. The third-order valence-corrected chi connectivity index (χ3v) is 7.31. The Labute approximate surface area is 268 Å². The summed E-state index contributed by atoms with van der Waals surface area (Å²) in [5.74, 6) is -0.390. The maximum Gasteiger partial charge on any atom is 2.00 e. The van der Waals surface area contributed by atoms with Crippen molar-refractivity contribution in [3.8, 4) is 11.5 Å². The van der Waals surface area contributed by atoms with Crippen molar-refractivity contribution in [3.05, 3.63) is 106 Å². The van der Waals surface area contributed by atoms with Gasteiger partial charge in [0.2, 0.25) is 20.0 Å². The third-order valence-electron chi connectivity index (χ3n) is 4.98. The van der Waals surface area contributed by atoms with Gasteiger partial charge in [0.1, 0.15) is 0 Å². The van der Waals surface area contributed by atoms with Crippen LogP contribution in [0.2, 0.25) is 10.0 Å². The number of hydrogen-bond acceptors (Lipinski definition) is 8. The van der Waals surface area contributed by atoms with Gasteiger partial charge in [-0.2, -0.15) is 0 Å². The fourth-order valence-electron chi connectivity index (χ4n) is 2.97. The molecule has 0 spiro atoms. The van der Waals surface area contributed by atoms with Crippen LogP contribution in [0.5, 0.6) is 11.5 Å². The molecule has 0 saturated heterocycles. The standard InChI is InChI=1S/2C13H11ClN2O3S.Cu.2H2O/c2*14-10-1-6-13(17)9(7-10)8-16-11-2-4-12(5-3-11)20(15,18)19;;;/h2*1-8,17H,(H2,15,18,19);;2*1H2/q;;+2;;/p-2. The number of nitrogens with two attached hydrogens (primary N) is 2. The second-order valence-electron chi connectivity index (χ2n) is 7.96. The molecule has 43 heavy (non-hydrogen) atoms. The summed E-state index contributed by atoms with van der Waals surface area (Å²) in [6.45, 7) is 0. The van der Waals surface area contributed by atoms with Gasteiger partial charge < -0.3 is 21.2 Å². The number of primary sulfonamides is 2. The first-order valence-corrected chi connectivity index (χ1v) is 14.8. The van der Waals surface area contributed by atoms with Crippen LogP contribution in [-0.4, -0.2) is 40.2 Å². The number of rotatable bonds is 6. The van der Waals surface area contributed by atoms with E-state index in [1.165, 1.54) is 97.4 Å². The fourth-order valence-corrected chi connectivity index (χ4v) is 4.36. The van der Waals surface area contributed by atoms with Crippen LogP contribution in [0.1, 0.15) is 11.1 Å². The molecular formula is C26H24Cl2CuN4O8S2. The van der Waals surface area contributed by atoms with E-state index in [1.807, 2.05) is 0 Å². The average molecular weight is 719 g/mol. The van der Waals surface area contributed by atoms with Crippen molar-refractivity contribution in [3.63, 3.8) is 0 Å². The van der Waals surface area contributed by atoms with Crippen molar-refractivity contribution in [1.29, 1.82) is 0 Å². The zero-order valence-electron chi connectivity index (χ0n) is 21.6. The first-order valence-electron chi connectivity index (χ1n) is 11.0. The molecule has 0 saturated carbocycles. The molecule has 4 rings (SSSR count). The van der Waals surface area contributed by atoms with Crippen LogP contribution in [0.3, 0.4) is 0 Å². The maximum atomic E-state index is 11.5. The van der Waals surface area contributed by atoms with Gasteiger partial charge in [-0.1, -0.05) is 46.8 Å². The second kappa shape index (κ2) is 17.1. The molecular weight excluding hydrogens is 695 g/mol. The number of halogens is 2. The number of hydrogen-bond donors (Lipinski definition) is 2. The van der Waals surface area contributed by atoms with Gasteiger partial charge in [-0.3, -0.25) is 9.98 Å². The van der Waals surface area contributed by atoms with E-state index in [9.17, 15) is 27.0 Å². The minimum atomic E-state index is -3.72. The van der Waals surface area contributed by atoms with E-state index >= 15 is 0 Å². The van der Waals surface area contributed by atoms with Crippen LogP contribution in [0, 0.1) is 0 Å². The molecule has 0 bridgehead atoms. The van der Waals surface area contributed by atoms with Crippen LogP contribution in [0.15, 0.2) is 105 Å². The number of sulfonamides is 2. The Hall–Kier alpha value is -3.34. The van der Waals surface area contributed by atoms with Crippen LogP contribution >= 0.6 is 23.2 Å². The van der Waals surface area contributed by atoms with Gasteiger partial charge in [-0.05, 0) is 83.9 Å². The van der Waals surface area contributed by atoms with Crippen molar-refractivity contribution in [1.82, 2.24) is 0 Å². The summed E-state index contributed by atoms with van der Waals surface area (Å²) < 4.78 is 44.4. The number of aliphatic imine (C=N–C) groups is 2. The molecule has 0 amide bonds. The average Bonchev–Trinajstić information content (AvgIpc) is 2.89. The molecule has 233 valence electrons. The zero-order chi connectivity index (χ0) is 29.5. The maximum absolute atomic E-state index is 11.5. The third kappa shape index (κ3) is 12.4. The molecule has 0 aliphatic heterocycles. The van der Waals surface area contributed by atoms with E-state index < -0.39 is 20.0 Å². The Morgan fingerprint density at radius 1 is 0.581 bits per heavy atom. The van der Waals surface area contributed by atoms with Crippen molar-refractivity contribution in [2.45, 2.75) is 9.79 Å². The second-order valence-corrected chi connectivity index (χ2v) is 12.0. The molecule has 0 fully saturated rings. The predicted octanol–water partition coefficient (Wildman–Crippen LogP) is 1.97.